The SMILES string of the molecule is CC(C)(C)OC(=O)NC(CCCOc1ccc(Cl)c(Cl)c1Cn1cnc2c(OC(N)=O)ncnc21)C(=O)NN. The Kier molecular flexibility index (Phi) is 9.72. The summed E-state index contributed by atoms with van der Waals surface area (Å²) in [7, 11) is 0. The maximum atomic E-state index is 12.1. The third kappa shape index (κ3) is 8.05. The Bertz CT molecular complexity index is 1360. The number of nitrogens with zero attached hydrogens (tertiary/aromatic N) is 4. The van der Waals surface area contributed by atoms with Crippen molar-refractivity contribution >= 4 is 52.5 Å². The number of imidazole rings is 1. The average Bonchev–Trinajstić information content (AvgIpc) is 3.26. The van der Waals surface area contributed by atoms with E-state index in [9.17, 15) is 14.4 Å². The van der Waals surface area contributed by atoms with Gasteiger partial charge in [-0.05, 0) is 45.7 Å². The number of rotatable bonds is 10. The first-order valence-corrected chi connectivity index (χ1v) is 12.4. The molecule has 1 unspecified atom stereocenters. The summed E-state index contributed by atoms with van der Waals surface area (Å²) in [4.78, 5) is 47.7. The highest BCUT2D eigenvalue weighted by atomic mass is 35.5. The highest BCUT2D eigenvalue weighted by Crippen LogP contribution is 2.34. The summed E-state index contributed by atoms with van der Waals surface area (Å²) in [6.45, 7) is 5.44. The Morgan fingerprint density at radius 1 is 1.15 bits per heavy atom. The molecule has 0 aliphatic rings. The molecule has 0 aliphatic heterocycles. The lowest BCUT2D eigenvalue weighted by molar-refractivity contribution is -0.123. The normalized spacial score (nSPS) is 12.1. The van der Waals surface area contributed by atoms with Gasteiger partial charge < -0.3 is 29.8 Å². The van der Waals surface area contributed by atoms with E-state index in [0.717, 1.165) is 0 Å². The minimum atomic E-state index is -1.04. The lowest BCUT2D eigenvalue weighted by Crippen LogP contribution is -2.50. The molecule has 0 fully saturated rings. The van der Waals surface area contributed by atoms with Gasteiger partial charge in [0.1, 0.15) is 23.7 Å². The van der Waals surface area contributed by atoms with Crippen LogP contribution in [0.1, 0.15) is 39.2 Å². The molecule has 0 aliphatic carbocycles. The van der Waals surface area contributed by atoms with Crippen LogP contribution in [-0.4, -0.2) is 55.9 Å². The van der Waals surface area contributed by atoms with Crippen molar-refractivity contribution in [1.29, 1.82) is 0 Å². The molecule has 2 heterocycles. The number of aromatic nitrogens is 4. The molecule has 39 heavy (non-hydrogen) atoms. The Morgan fingerprint density at radius 3 is 2.56 bits per heavy atom. The molecule has 2 aromatic heterocycles. The average molecular weight is 583 g/mol. The third-order valence-electron chi connectivity index (χ3n) is 5.09. The molecular formula is C23H28Cl2N8O6. The van der Waals surface area contributed by atoms with Crippen LogP contribution in [0.4, 0.5) is 9.59 Å². The molecule has 3 aromatic rings. The van der Waals surface area contributed by atoms with E-state index in [2.05, 4.69) is 20.3 Å². The lowest BCUT2D eigenvalue weighted by atomic mass is 10.1. The second kappa shape index (κ2) is 12.8. The summed E-state index contributed by atoms with van der Waals surface area (Å²) in [5.74, 6) is 5.02. The Balaban J connectivity index is 1.72. The molecule has 1 atom stereocenters. The second-order valence-electron chi connectivity index (χ2n) is 9.18. The number of hydrogen-bond donors (Lipinski definition) is 4. The molecule has 14 nitrogen and oxygen atoms in total. The quantitative estimate of drug-likeness (QED) is 0.119. The van der Waals surface area contributed by atoms with Crippen LogP contribution < -0.4 is 31.8 Å². The fraction of sp³-hybridized carbons (Fsp3) is 0.391. The van der Waals surface area contributed by atoms with Crippen LogP contribution in [0, 0.1) is 0 Å². The van der Waals surface area contributed by atoms with E-state index in [0.29, 0.717) is 28.4 Å². The largest absolute Gasteiger partial charge is 0.493 e. The van der Waals surface area contributed by atoms with E-state index >= 15 is 0 Å². The van der Waals surface area contributed by atoms with Crippen LogP contribution in [0.2, 0.25) is 10.0 Å². The number of carbonyl (C=O) groups excluding carboxylic acids is 3. The smallest absolute Gasteiger partial charge is 0.411 e. The van der Waals surface area contributed by atoms with Gasteiger partial charge in [0.2, 0.25) is 0 Å². The molecule has 0 saturated heterocycles. The topological polar surface area (TPSA) is 199 Å². The summed E-state index contributed by atoms with van der Waals surface area (Å²) in [5, 5.41) is 3.06. The van der Waals surface area contributed by atoms with Gasteiger partial charge in [-0.1, -0.05) is 23.2 Å². The van der Waals surface area contributed by atoms with Gasteiger partial charge in [-0.25, -0.2) is 25.4 Å². The van der Waals surface area contributed by atoms with Gasteiger partial charge in [0.15, 0.2) is 11.2 Å². The van der Waals surface area contributed by atoms with Crippen LogP contribution >= 0.6 is 23.2 Å². The molecule has 3 amide bonds. The maximum Gasteiger partial charge on any atom is 0.411 e. The zero-order chi connectivity index (χ0) is 28.7. The molecule has 0 radical (unpaired) electrons. The first-order valence-electron chi connectivity index (χ1n) is 11.6. The number of halogens is 2. The predicted molar refractivity (Wildman–Crippen MR) is 141 cm³/mol. The van der Waals surface area contributed by atoms with Gasteiger partial charge in [-0.3, -0.25) is 10.2 Å². The number of amides is 3. The molecule has 1 aromatic carbocycles. The minimum Gasteiger partial charge on any atom is -0.493 e. The molecule has 0 spiro atoms. The molecule has 0 bridgehead atoms. The van der Waals surface area contributed by atoms with Crippen LogP contribution in [0.3, 0.4) is 0 Å². The van der Waals surface area contributed by atoms with E-state index in [4.69, 9.17) is 49.0 Å². The molecule has 210 valence electrons. The summed E-state index contributed by atoms with van der Waals surface area (Å²) < 4.78 is 17.7. The van der Waals surface area contributed by atoms with Crippen LogP contribution in [-0.2, 0) is 16.1 Å². The molecule has 0 saturated carbocycles. The number of benzene rings is 1. The Hall–Kier alpha value is -3.88. The monoisotopic (exact) mass is 582 g/mol. The van der Waals surface area contributed by atoms with E-state index in [1.807, 2.05) is 5.43 Å². The van der Waals surface area contributed by atoms with Crippen LogP contribution in [0.15, 0.2) is 24.8 Å². The van der Waals surface area contributed by atoms with Gasteiger partial charge in [-0.15, -0.1) is 0 Å². The van der Waals surface area contributed by atoms with E-state index < -0.39 is 29.7 Å². The van der Waals surface area contributed by atoms with Gasteiger partial charge in [0.05, 0.1) is 29.5 Å². The molecule has 16 heteroatoms. The van der Waals surface area contributed by atoms with Gasteiger partial charge in [0, 0.05) is 5.56 Å². The van der Waals surface area contributed by atoms with Crippen molar-refractivity contribution in [1.82, 2.24) is 30.3 Å². The number of hydrazine groups is 1. The number of alkyl carbamates (subject to hydrolysis) is 1. The van der Waals surface area contributed by atoms with Crippen LogP contribution in [0.5, 0.6) is 11.6 Å². The summed E-state index contributed by atoms with van der Waals surface area (Å²) in [6, 6.07) is 2.31. The fourth-order valence-electron chi connectivity index (χ4n) is 3.46. The van der Waals surface area contributed by atoms with Crippen LogP contribution in [0.25, 0.3) is 11.2 Å². The van der Waals surface area contributed by atoms with Gasteiger partial charge in [-0.2, -0.15) is 4.98 Å². The zero-order valence-electron chi connectivity index (χ0n) is 21.4. The van der Waals surface area contributed by atoms with Crippen molar-refractivity contribution in [2.45, 2.75) is 51.8 Å². The molecule has 6 N–H and O–H groups in total. The number of carbonyl (C=O) groups is 3. The summed E-state index contributed by atoms with van der Waals surface area (Å²) in [5.41, 5.74) is 7.50. The minimum absolute atomic E-state index is 0.0871. The Morgan fingerprint density at radius 2 is 1.90 bits per heavy atom. The van der Waals surface area contributed by atoms with Crippen molar-refractivity contribution in [3.05, 3.63) is 40.4 Å². The predicted octanol–water partition coefficient (Wildman–Crippen LogP) is 2.68. The first-order chi connectivity index (χ1) is 18.4. The molecule has 3 rings (SSSR count). The van der Waals surface area contributed by atoms with Crippen molar-refractivity contribution < 1.29 is 28.6 Å². The first kappa shape index (κ1) is 29.7. The zero-order valence-corrected chi connectivity index (χ0v) is 22.9. The number of fused-ring (bicyclic) bond motifs is 1. The van der Waals surface area contributed by atoms with Gasteiger partial charge in [0.25, 0.3) is 11.8 Å². The lowest BCUT2D eigenvalue weighted by Gasteiger charge is -2.23. The molecular weight excluding hydrogens is 555 g/mol. The van der Waals surface area contributed by atoms with Crippen molar-refractivity contribution in [3.63, 3.8) is 0 Å². The van der Waals surface area contributed by atoms with E-state index in [-0.39, 0.29) is 36.0 Å². The summed E-state index contributed by atoms with van der Waals surface area (Å²) in [6.07, 6.45) is 1.46. The standard InChI is InChI=1S/C23H28Cl2N8O6/c1-23(2,3)39-22(36)31-14(19(34)32-27)5-4-8-37-15-7-6-13(24)16(25)12(15)9-33-11-30-17-18(33)28-10-29-20(17)38-21(26)35/h6-7,10-11,14H,4-5,8-9,27H2,1-3H3,(H2,26,35)(H,31,36)(H,32,34). The fourth-order valence-corrected chi connectivity index (χ4v) is 3.85. The second-order valence-corrected chi connectivity index (χ2v) is 9.97. The number of hydrogen-bond acceptors (Lipinski definition) is 10. The van der Waals surface area contributed by atoms with E-state index in [1.165, 1.54) is 12.7 Å². The Labute approximate surface area is 233 Å². The van der Waals surface area contributed by atoms with E-state index in [1.54, 1.807) is 37.5 Å². The van der Waals surface area contributed by atoms with Crippen molar-refractivity contribution in [3.8, 4) is 11.6 Å². The highest BCUT2D eigenvalue weighted by Gasteiger charge is 2.24. The third-order valence-corrected chi connectivity index (χ3v) is 5.93. The maximum absolute atomic E-state index is 12.1. The number of primary amides is 1. The number of nitrogens with two attached hydrogens (primary N) is 2. The highest BCUT2D eigenvalue weighted by molar-refractivity contribution is 6.42. The van der Waals surface area contributed by atoms with Crippen molar-refractivity contribution in [2.24, 2.45) is 11.6 Å². The number of ether oxygens (including phenoxy) is 3. The summed E-state index contributed by atoms with van der Waals surface area (Å²) >= 11 is 12.8. The number of nitrogens with one attached hydrogen (secondary N) is 2. The van der Waals surface area contributed by atoms with Gasteiger partial charge >= 0.3 is 12.2 Å². The van der Waals surface area contributed by atoms with Crippen molar-refractivity contribution in [2.75, 3.05) is 6.61 Å².